The van der Waals surface area contributed by atoms with Crippen molar-refractivity contribution in [2.45, 2.75) is 73.8 Å². The van der Waals surface area contributed by atoms with Gasteiger partial charge in [0, 0.05) is 31.5 Å². The third-order valence-corrected chi connectivity index (χ3v) is 4.55. The highest BCUT2D eigenvalue weighted by Crippen LogP contribution is 2.21. The van der Waals surface area contributed by atoms with E-state index < -0.39 is 0 Å². The third kappa shape index (κ3) is 5.68. The van der Waals surface area contributed by atoms with Gasteiger partial charge in [0.2, 0.25) is 5.91 Å². The van der Waals surface area contributed by atoms with Crippen LogP contribution in [0.1, 0.15) is 63.3 Å². The second-order valence-electron chi connectivity index (χ2n) is 8.20. The fourth-order valence-corrected chi connectivity index (χ4v) is 2.99. The Bertz CT molecular complexity index is 756. The molecule has 5 heteroatoms. The maximum Gasteiger partial charge on any atom is 0.224 e. The lowest BCUT2D eigenvalue weighted by Gasteiger charge is -2.17. The zero-order valence-electron chi connectivity index (χ0n) is 17.0. The van der Waals surface area contributed by atoms with E-state index in [2.05, 4.69) is 53.8 Å². The second-order valence-corrected chi connectivity index (χ2v) is 8.20. The number of nitrogens with one attached hydrogen (secondary N) is 1. The summed E-state index contributed by atoms with van der Waals surface area (Å²) in [6.07, 6.45) is 3.00. The highest BCUT2D eigenvalue weighted by Gasteiger charge is 2.16. The molecule has 0 atom stereocenters. The zero-order valence-corrected chi connectivity index (χ0v) is 17.0. The molecule has 0 fully saturated rings. The standard InChI is InChI=1S/C21H32N4O/c1-7-25-18(23-24-19(25)12-13-21(4,5)6)10-11-20(26)22-17-9-8-15(2)14-16(17)3/h8-9,14H,7,10-13H2,1-6H3,(H,22,26). The van der Waals surface area contributed by atoms with Crippen molar-refractivity contribution in [3.8, 4) is 0 Å². The van der Waals surface area contributed by atoms with Gasteiger partial charge in [-0.3, -0.25) is 4.79 Å². The summed E-state index contributed by atoms with van der Waals surface area (Å²) in [4.78, 5) is 12.3. The normalized spacial score (nSPS) is 11.6. The van der Waals surface area contributed by atoms with Crippen molar-refractivity contribution in [3.63, 3.8) is 0 Å². The third-order valence-electron chi connectivity index (χ3n) is 4.55. The summed E-state index contributed by atoms with van der Waals surface area (Å²) in [6, 6.07) is 6.05. The average Bonchev–Trinajstić information content (AvgIpc) is 2.95. The Labute approximate surface area is 157 Å². The molecule has 1 N–H and O–H groups in total. The van der Waals surface area contributed by atoms with E-state index in [0.717, 1.165) is 42.3 Å². The number of amides is 1. The molecule has 1 aromatic carbocycles. The van der Waals surface area contributed by atoms with Crippen molar-refractivity contribution in [3.05, 3.63) is 41.0 Å². The van der Waals surface area contributed by atoms with E-state index in [9.17, 15) is 4.79 Å². The molecule has 5 nitrogen and oxygen atoms in total. The molecule has 0 spiro atoms. The quantitative estimate of drug-likeness (QED) is 0.796. The molecular weight excluding hydrogens is 324 g/mol. The van der Waals surface area contributed by atoms with Crippen LogP contribution in [0.15, 0.2) is 18.2 Å². The number of anilines is 1. The molecule has 0 bridgehead atoms. The Balaban J connectivity index is 1.96. The smallest absolute Gasteiger partial charge is 0.224 e. The van der Waals surface area contributed by atoms with Crippen molar-refractivity contribution >= 4 is 11.6 Å². The highest BCUT2D eigenvalue weighted by atomic mass is 16.1. The van der Waals surface area contributed by atoms with Crippen molar-refractivity contribution in [1.29, 1.82) is 0 Å². The van der Waals surface area contributed by atoms with Gasteiger partial charge in [0.1, 0.15) is 11.6 Å². The molecule has 0 aliphatic carbocycles. The molecule has 0 unspecified atom stereocenters. The van der Waals surface area contributed by atoms with Gasteiger partial charge < -0.3 is 9.88 Å². The Hall–Kier alpha value is -2.17. The van der Waals surface area contributed by atoms with Crippen LogP contribution in [0.4, 0.5) is 5.69 Å². The SMILES string of the molecule is CCn1c(CCC(=O)Nc2ccc(C)cc2C)nnc1CCC(C)(C)C. The minimum absolute atomic E-state index is 0.0128. The van der Waals surface area contributed by atoms with Crippen LogP contribution < -0.4 is 5.32 Å². The number of carbonyl (C=O) groups is 1. The molecule has 2 aromatic rings. The Morgan fingerprint density at radius 3 is 2.35 bits per heavy atom. The van der Waals surface area contributed by atoms with Gasteiger partial charge in [-0.2, -0.15) is 0 Å². The fourth-order valence-electron chi connectivity index (χ4n) is 2.99. The summed E-state index contributed by atoms with van der Waals surface area (Å²) in [5.74, 6) is 1.93. The number of nitrogens with zero attached hydrogens (tertiary/aromatic N) is 3. The molecule has 26 heavy (non-hydrogen) atoms. The van der Waals surface area contributed by atoms with Gasteiger partial charge in [-0.05, 0) is 44.2 Å². The van der Waals surface area contributed by atoms with Crippen LogP contribution in [-0.2, 0) is 24.2 Å². The van der Waals surface area contributed by atoms with Crippen LogP contribution in [0.25, 0.3) is 0 Å². The molecule has 0 aliphatic heterocycles. The van der Waals surface area contributed by atoms with Gasteiger partial charge in [-0.15, -0.1) is 10.2 Å². The first-order chi connectivity index (χ1) is 12.2. The Morgan fingerprint density at radius 2 is 1.77 bits per heavy atom. The van der Waals surface area contributed by atoms with Gasteiger partial charge >= 0.3 is 0 Å². The molecular formula is C21H32N4O. The number of carbonyl (C=O) groups excluding carboxylic acids is 1. The van der Waals surface area contributed by atoms with Gasteiger partial charge in [0.25, 0.3) is 0 Å². The molecule has 142 valence electrons. The van der Waals surface area contributed by atoms with Gasteiger partial charge in [-0.25, -0.2) is 0 Å². The molecule has 1 aromatic heterocycles. The lowest BCUT2D eigenvalue weighted by molar-refractivity contribution is -0.116. The summed E-state index contributed by atoms with van der Waals surface area (Å²) >= 11 is 0. The number of rotatable bonds is 7. The maximum absolute atomic E-state index is 12.3. The van der Waals surface area contributed by atoms with Gasteiger partial charge in [0.15, 0.2) is 0 Å². The molecule has 2 rings (SSSR count). The number of hydrogen-bond acceptors (Lipinski definition) is 3. The predicted molar refractivity (Wildman–Crippen MR) is 106 cm³/mol. The van der Waals surface area contributed by atoms with Crippen molar-refractivity contribution in [2.24, 2.45) is 5.41 Å². The molecule has 0 aliphatic rings. The monoisotopic (exact) mass is 356 g/mol. The van der Waals surface area contributed by atoms with E-state index in [4.69, 9.17) is 0 Å². The maximum atomic E-state index is 12.3. The van der Waals surface area contributed by atoms with Crippen molar-refractivity contribution < 1.29 is 4.79 Å². The van der Waals surface area contributed by atoms with Crippen molar-refractivity contribution in [1.82, 2.24) is 14.8 Å². The van der Waals surface area contributed by atoms with Gasteiger partial charge in [0.05, 0.1) is 0 Å². The average molecular weight is 357 g/mol. The topological polar surface area (TPSA) is 59.8 Å². The van der Waals surface area contributed by atoms with E-state index in [-0.39, 0.29) is 11.3 Å². The van der Waals surface area contributed by atoms with Crippen LogP contribution in [0.3, 0.4) is 0 Å². The van der Waals surface area contributed by atoms with E-state index >= 15 is 0 Å². The first kappa shape index (κ1) is 20.1. The van der Waals surface area contributed by atoms with Gasteiger partial charge in [-0.1, -0.05) is 38.5 Å². The number of aromatic nitrogens is 3. The Morgan fingerprint density at radius 1 is 1.12 bits per heavy atom. The van der Waals surface area contributed by atoms with Crippen LogP contribution in [0.2, 0.25) is 0 Å². The molecule has 0 saturated heterocycles. The molecule has 1 heterocycles. The zero-order chi connectivity index (χ0) is 19.3. The summed E-state index contributed by atoms with van der Waals surface area (Å²) in [7, 11) is 0. The summed E-state index contributed by atoms with van der Waals surface area (Å²) < 4.78 is 2.15. The summed E-state index contributed by atoms with van der Waals surface area (Å²) in [6.45, 7) is 13.7. The number of hydrogen-bond donors (Lipinski definition) is 1. The van der Waals surface area contributed by atoms with E-state index in [1.807, 2.05) is 26.0 Å². The second kappa shape index (κ2) is 8.47. The molecule has 0 radical (unpaired) electrons. The fraction of sp³-hybridized carbons (Fsp3) is 0.571. The predicted octanol–water partition coefficient (Wildman–Crippen LogP) is 4.46. The van der Waals surface area contributed by atoms with Crippen molar-refractivity contribution in [2.75, 3.05) is 5.32 Å². The van der Waals surface area contributed by atoms with Crippen LogP contribution in [-0.4, -0.2) is 20.7 Å². The van der Waals surface area contributed by atoms with Crippen LogP contribution in [0.5, 0.6) is 0 Å². The highest BCUT2D eigenvalue weighted by molar-refractivity contribution is 5.91. The van der Waals surface area contributed by atoms with E-state index in [0.29, 0.717) is 12.8 Å². The summed E-state index contributed by atoms with van der Waals surface area (Å²) in [5, 5.41) is 11.7. The van der Waals surface area contributed by atoms with Crippen LogP contribution in [0, 0.1) is 19.3 Å². The Kier molecular flexibility index (Phi) is 6.57. The molecule has 0 saturated carbocycles. The minimum atomic E-state index is 0.0128. The minimum Gasteiger partial charge on any atom is -0.326 e. The first-order valence-electron chi connectivity index (χ1n) is 9.47. The van der Waals surface area contributed by atoms with Crippen LogP contribution >= 0.6 is 0 Å². The lowest BCUT2D eigenvalue weighted by Crippen LogP contribution is -2.15. The van der Waals surface area contributed by atoms with E-state index in [1.165, 1.54) is 5.56 Å². The number of benzene rings is 1. The summed E-state index contributed by atoms with van der Waals surface area (Å²) in [5.41, 5.74) is 3.43. The van der Waals surface area contributed by atoms with E-state index in [1.54, 1.807) is 0 Å². The first-order valence-corrected chi connectivity index (χ1v) is 9.47. The lowest BCUT2D eigenvalue weighted by atomic mass is 9.90. The molecule has 1 amide bonds. The number of aryl methyl sites for hydroxylation is 4. The largest absolute Gasteiger partial charge is 0.326 e.